The van der Waals surface area contributed by atoms with Crippen molar-refractivity contribution >= 4 is 17.6 Å². The average molecular weight is 497 g/mol. The number of nitrogens with zero attached hydrogens (tertiary/aromatic N) is 4. The van der Waals surface area contributed by atoms with Crippen LogP contribution >= 0.6 is 0 Å². The van der Waals surface area contributed by atoms with Gasteiger partial charge in [-0.1, -0.05) is 36.4 Å². The van der Waals surface area contributed by atoms with Crippen LogP contribution in [0.4, 0.5) is 4.79 Å². The fourth-order valence-corrected chi connectivity index (χ4v) is 3.90. The Bertz CT molecular complexity index is 1190. The number of hydrogen-bond donors (Lipinski definition) is 3. The number of aliphatic hydroxyl groups excluding tert-OH is 1. The SMILES string of the molecule is CC(C)(N)C(=O)N[C@H](COCc1ccccc1)c1nnc2cccc(COC(=O)N3CCC(O)C3)n12. The summed E-state index contributed by atoms with van der Waals surface area (Å²) >= 11 is 0. The Hall–Kier alpha value is -3.54. The van der Waals surface area contributed by atoms with E-state index < -0.39 is 23.8 Å². The van der Waals surface area contributed by atoms with E-state index in [1.54, 1.807) is 36.4 Å². The van der Waals surface area contributed by atoms with Gasteiger partial charge in [0.2, 0.25) is 5.91 Å². The van der Waals surface area contributed by atoms with Gasteiger partial charge in [0.1, 0.15) is 12.6 Å². The predicted octanol–water partition coefficient (Wildman–Crippen LogP) is 1.54. The van der Waals surface area contributed by atoms with Crippen LogP contribution in [0.1, 0.15) is 43.4 Å². The minimum absolute atomic E-state index is 0.0400. The van der Waals surface area contributed by atoms with Crippen LogP contribution in [0.5, 0.6) is 0 Å². The van der Waals surface area contributed by atoms with Crippen LogP contribution in [-0.2, 0) is 27.5 Å². The second-order valence-corrected chi connectivity index (χ2v) is 9.46. The zero-order chi connectivity index (χ0) is 25.7. The van der Waals surface area contributed by atoms with E-state index in [4.69, 9.17) is 15.2 Å². The molecule has 0 saturated carbocycles. The van der Waals surface area contributed by atoms with E-state index in [2.05, 4.69) is 15.5 Å². The highest BCUT2D eigenvalue weighted by atomic mass is 16.6. The third-order valence-corrected chi connectivity index (χ3v) is 5.90. The molecule has 0 aliphatic carbocycles. The number of ether oxygens (including phenoxy) is 2. The molecule has 4 rings (SSSR count). The third kappa shape index (κ3) is 6.17. The molecule has 192 valence electrons. The van der Waals surface area contributed by atoms with Crippen molar-refractivity contribution < 1.29 is 24.2 Å². The molecule has 1 aliphatic heterocycles. The summed E-state index contributed by atoms with van der Waals surface area (Å²) in [6.45, 7) is 4.37. The smallest absolute Gasteiger partial charge is 0.410 e. The average Bonchev–Trinajstić information content (AvgIpc) is 3.48. The number of rotatable bonds is 9. The van der Waals surface area contributed by atoms with E-state index in [1.807, 2.05) is 30.3 Å². The Kier molecular flexibility index (Phi) is 7.82. The van der Waals surface area contributed by atoms with Gasteiger partial charge < -0.3 is 30.5 Å². The van der Waals surface area contributed by atoms with Crippen LogP contribution in [-0.4, -0.2) is 67.9 Å². The predicted molar refractivity (Wildman–Crippen MR) is 131 cm³/mol. The van der Waals surface area contributed by atoms with Gasteiger partial charge in [0.15, 0.2) is 11.5 Å². The maximum absolute atomic E-state index is 12.8. The quantitative estimate of drug-likeness (QED) is 0.405. The standard InChI is InChI=1S/C25H32N6O5/c1-25(2,26)23(33)27-20(16-35-14-17-7-4-3-5-8-17)22-29-28-21-10-6-9-18(31(21)22)15-36-24(34)30-12-11-19(32)13-30/h3-10,19-20,32H,11-16,26H2,1-2H3,(H,27,33)/t19?,20-/m1/s1. The van der Waals surface area contributed by atoms with E-state index in [0.717, 1.165) is 5.56 Å². The molecule has 2 amide bonds. The summed E-state index contributed by atoms with van der Waals surface area (Å²) in [7, 11) is 0. The maximum atomic E-state index is 12.8. The van der Waals surface area contributed by atoms with Gasteiger partial charge in [0.25, 0.3) is 0 Å². The van der Waals surface area contributed by atoms with Crippen molar-refractivity contribution in [3.8, 4) is 0 Å². The van der Waals surface area contributed by atoms with Crippen LogP contribution in [0.15, 0.2) is 48.5 Å². The second kappa shape index (κ2) is 11.0. The Morgan fingerprint density at radius 3 is 2.64 bits per heavy atom. The number of aromatic nitrogens is 3. The lowest BCUT2D eigenvalue weighted by atomic mass is 10.1. The number of amides is 2. The Morgan fingerprint density at radius 2 is 1.94 bits per heavy atom. The lowest BCUT2D eigenvalue weighted by Crippen LogP contribution is -2.51. The van der Waals surface area contributed by atoms with Crippen molar-refractivity contribution in [2.24, 2.45) is 5.73 Å². The number of pyridine rings is 1. The van der Waals surface area contributed by atoms with Crippen molar-refractivity contribution in [1.82, 2.24) is 24.8 Å². The molecule has 1 aromatic carbocycles. The van der Waals surface area contributed by atoms with Gasteiger partial charge in [-0.25, -0.2) is 4.79 Å². The fraction of sp³-hybridized carbons (Fsp3) is 0.440. The highest BCUT2D eigenvalue weighted by Crippen LogP contribution is 2.19. The van der Waals surface area contributed by atoms with E-state index in [9.17, 15) is 14.7 Å². The Balaban J connectivity index is 1.55. The molecule has 4 N–H and O–H groups in total. The first-order chi connectivity index (χ1) is 17.2. The molecule has 11 heteroatoms. The number of nitrogens with one attached hydrogen (secondary N) is 1. The molecule has 1 unspecified atom stereocenters. The van der Waals surface area contributed by atoms with Gasteiger partial charge in [-0.05, 0) is 38.0 Å². The van der Waals surface area contributed by atoms with Crippen molar-refractivity contribution in [3.63, 3.8) is 0 Å². The first kappa shape index (κ1) is 25.5. The minimum atomic E-state index is -1.11. The maximum Gasteiger partial charge on any atom is 0.410 e. The van der Waals surface area contributed by atoms with Gasteiger partial charge in [0, 0.05) is 13.1 Å². The molecule has 2 atom stereocenters. The summed E-state index contributed by atoms with van der Waals surface area (Å²) in [6, 6.07) is 14.4. The van der Waals surface area contributed by atoms with Gasteiger partial charge in [-0.15, -0.1) is 10.2 Å². The summed E-state index contributed by atoms with van der Waals surface area (Å²) in [5.74, 6) is 0.0583. The number of carbonyl (C=O) groups excluding carboxylic acids is 2. The molecule has 11 nitrogen and oxygen atoms in total. The molecule has 1 saturated heterocycles. The summed E-state index contributed by atoms with van der Waals surface area (Å²) < 4.78 is 13.2. The van der Waals surface area contributed by atoms with Gasteiger partial charge in [0.05, 0.1) is 30.6 Å². The van der Waals surface area contributed by atoms with Gasteiger partial charge in [-0.3, -0.25) is 9.20 Å². The van der Waals surface area contributed by atoms with E-state index in [0.29, 0.717) is 36.7 Å². The summed E-state index contributed by atoms with van der Waals surface area (Å²) in [6.07, 6.45) is -0.501. The number of fused-ring (bicyclic) bond motifs is 1. The summed E-state index contributed by atoms with van der Waals surface area (Å²) in [5, 5.41) is 21.2. The number of hydrogen-bond acceptors (Lipinski definition) is 8. The zero-order valence-corrected chi connectivity index (χ0v) is 20.5. The number of nitrogens with two attached hydrogens (primary N) is 1. The molecule has 0 spiro atoms. The topological polar surface area (TPSA) is 144 Å². The van der Waals surface area contributed by atoms with Crippen LogP contribution in [0, 0.1) is 0 Å². The molecule has 0 radical (unpaired) electrons. The molecular weight excluding hydrogens is 464 g/mol. The van der Waals surface area contributed by atoms with Crippen molar-refractivity contribution in [3.05, 3.63) is 65.6 Å². The highest BCUT2D eigenvalue weighted by molar-refractivity contribution is 5.85. The molecule has 3 heterocycles. The summed E-state index contributed by atoms with van der Waals surface area (Å²) in [4.78, 5) is 26.7. The Morgan fingerprint density at radius 1 is 1.17 bits per heavy atom. The van der Waals surface area contributed by atoms with Crippen molar-refractivity contribution in [2.75, 3.05) is 19.7 Å². The Labute approximate surface area is 209 Å². The fourth-order valence-electron chi connectivity index (χ4n) is 3.90. The number of likely N-dealkylation sites (tertiary alicyclic amines) is 1. The zero-order valence-electron chi connectivity index (χ0n) is 20.5. The van der Waals surface area contributed by atoms with E-state index >= 15 is 0 Å². The van der Waals surface area contributed by atoms with Gasteiger partial charge >= 0.3 is 6.09 Å². The van der Waals surface area contributed by atoms with E-state index in [-0.39, 0.29) is 25.7 Å². The van der Waals surface area contributed by atoms with Crippen molar-refractivity contribution in [1.29, 1.82) is 0 Å². The van der Waals surface area contributed by atoms with E-state index in [1.165, 1.54) is 4.90 Å². The lowest BCUT2D eigenvalue weighted by Gasteiger charge is -2.24. The highest BCUT2D eigenvalue weighted by Gasteiger charge is 2.29. The normalized spacial score (nSPS) is 16.8. The lowest BCUT2D eigenvalue weighted by molar-refractivity contribution is -0.126. The number of aliphatic hydroxyl groups is 1. The minimum Gasteiger partial charge on any atom is -0.443 e. The second-order valence-electron chi connectivity index (χ2n) is 9.46. The molecule has 1 aliphatic rings. The molecule has 3 aromatic rings. The number of benzene rings is 1. The van der Waals surface area contributed by atoms with Crippen molar-refractivity contribution in [2.45, 2.75) is 51.2 Å². The monoisotopic (exact) mass is 496 g/mol. The molecule has 2 aromatic heterocycles. The molecule has 36 heavy (non-hydrogen) atoms. The number of carbonyl (C=O) groups is 2. The molecule has 1 fully saturated rings. The van der Waals surface area contributed by atoms with Crippen LogP contribution in [0.3, 0.4) is 0 Å². The van der Waals surface area contributed by atoms with Gasteiger partial charge in [-0.2, -0.15) is 0 Å². The summed E-state index contributed by atoms with van der Waals surface area (Å²) in [5.41, 5.74) is 7.05. The third-order valence-electron chi connectivity index (χ3n) is 5.90. The molecule has 0 bridgehead atoms. The first-order valence-corrected chi connectivity index (χ1v) is 11.9. The molecular formula is C25H32N6O5. The van der Waals surface area contributed by atoms with Crippen LogP contribution in [0.25, 0.3) is 5.65 Å². The first-order valence-electron chi connectivity index (χ1n) is 11.9. The number of β-amino-alcohol motifs (C(OH)–C–C–N with tert-alkyl or cyclic N) is 1. The van der Waals surface area contributed by atoms with Crippen LogP contribution < -0.4 is 11.1 Å². The largest absolute Gasteiger partial charge is 0.443 e. The van der Waals surface area contributed by atoms with Crippen LogP contribution in [0.2, 0.25) is 0 Å².